The van der Waals surface area contributed by atoms with Gasteiger partial charge in [0.1, 0.15) is 11.8 Å². The SMILES string of the molecule is CCC(NCc1ccc(C#N)o1)c1ccc(Cl)cc1. The summed E-state index contributed by atoms with van der Waals surface area (Å²) in [5, 5.41) is 12.9. The van der Waals surface area contributed by atoms with Gasteiger partial charge in [-0.25, -0.2) is 0 Å². The van der Waals surface area contributed by atoms with Gasteiger partial charge in [-0.05, 0) is 36.2 Å². The molecule has 98 valence electrons. The zero-order valence-corrected chi connectivity index (χ0v) is 11.4. The van der Waals surface area contributed by atoms with E-state index in [4.69, 9.17) is 21.3 Å². The van der Waals surface area contributed by atoms with E-state index in [1.54, 1.807) is 6.07 Å². The van der Waals surface area contributed by atoms with Gasteiger partial charge in [-0.1, -0.05) is 30.7 Å². The lowest BCUT2D eigenvalue weighted by Gasteiger charge is -2.16. The Hall–Kier alpha value is -1.76. The molecular formula is C15H15ClN2O. The van der Waals surface area contributed by atoms with Crippen LogP contribution in [-0.4, -0.2) is 0 Å². The molecule has 0 bridgehead atoms. The third-order valence-electron chi connectivity index (χ3n) is 2.98. The van der Waals surface area contributed by atoms with E-state index in [0.29, 0.717) is 12.3 Å². The van der Waals surface area contributed by atoms with Gasteiger partial charge < -0.3 is 9.73 Å². The maximum absolute atomic E-state index is 8.70. The van der Waals surface area contributed by atoms with E-state index in [1.807, 2.05) is 36.4 Å². The predicted octanol–water partition coefficient (Wildman–Crippen LogP) is 4.05. The summed E-state index contributed by atoms with van der Waals surface area (Å²) in [5.74, 6) is 1.11. The molecule has 0 aliphatic rings. The second kappa shape index (κ2) is 6.42. The van der Waals surface area contributed by atoms with Crippen LogP contribution in [0.5, 0.6) is 0 Å². The van der Waals surface area contributed by atoms with Crippen LogP contribution in [0, 0.1) is 11.3 Å². The summed E-state index contributed by atoms with van der Waals surface area (Å²) >= 11 is 5.89. The van der Waals surface area contributed by atoms with Crippen LogP contribution in [0.3, 0.4) is 0 Å². The van der Waals surface area contributed by atoms with Crippen molar-refractivity contribution >= 4 is 11.6 Å². The molecule has 0 amide bonds. The maximum atomic E-state index is 8.70. The molecule has 4 heteroatoms. The Morgan fingerprint density at radius 2 is 2.00 bits per heavy atom. The Morgan fingerprint density at radius 3 is 2.58 bits per heavy atom. The highest BCUT2D eigenvalue weighted by atomic mass is 35.5. The van der Waals surface area contributed by atoms with Crippen LogP contribution >= 0.6 is 11.6 Å². The quantitative estimate of drug-likeness (QED) is 0.895. The van der Waals surface area contributed by atoms with Crippen LogP contribution in [-0.2, 0) is 6.54 Å². The third kappa shape index (κ3) is 3.60. The first-order chi connectivity index (χ1) is 9.22. The fourth-order valence-corrected chi connectivity index (χ4v) is 2.08. The zero-order chi connectivity index (χ0) is 13.7. The summed E-state index contributed by atoms with van der Waals surface area (Å²) in [4.78, 5) is 0. The fraction of sp³-hybridized carbons (Fsp3) is 0.267. The summed E-state index contributed by atoms with van der Waals surface area (Å²) in [6.45, 7) is 2.72. The minimum atomic E-state index is 0.243. The van der Waals surface area contributed by atoms with Gasteiger partial charge in [0.2, 0.25) is 5.76 Å². The average molecular weight is 275 g/mol. The Balaban J connectivity index is 1.99. The van der Waals surface area contributed by atoms with E-state index in [9.17, 15) is 0 Å². The number of furan rings is 1. The Labute approximate surface area is 117 Å². The van der Waals surface area contributed by atoms with E-state index in [0.717, 1.165) is 17.2 Å². The van der Waals surface area contributed by atoms with Crippen molar-refractivity contribution in [3.63, 3.8) is 0 Å². The van der Waals surface area contributed by atoms with Crippen molar-refractivity contribution in [2.45, 2.75) is 25.9 Å². The second-order valence-electron chi connectivity index (χ2n) is 4.27. The number of hydrogen-bond acceptors (Lipinski definition) is 3. The van der Waals surface area contributed by atoms with Gasteiger partial charge in [-0.15, -0.1) is 0 Å². The van der Waals surface area contributed by atoms with E-state index in [2.05, 4.69) is 12.2 Å². The van der Waals surface area contributed by atoms with Crippen molar-refractivity contribution in [1.29, 1.82) is 5.26 Å². The summed E-state index contributed by atoms with van der Waals surface area (Å²) in [7, 11) is 0. The minimum Gasteiger partial charge on any atom is -0.449 e. The number of benzene rings is 1. The molecule has 2 rings (SSSR count). The lowest BCUT2D eigenvalue weighted by Crippen LogP contribution is -2.19. The topological polar surface area (TPSA) is 49.0 Å². The summed E-state index contributed by atoms with van der Waals surface area (Å²) in [6.07, 6.45) is 0.966. The first-order valence-electron chi connectivity index (χ1n) is 6.20. The molecule has 3 nitrogen and oxygen atoms in total. The number of nitriles is 1. The molecule has 0 saturated carbocycles. The monoisotopic (exact) mass is 274 g/mol. The van der Waals surface area contributed by atoms with E-state index < -0.39 is 0 Å². The van der Waals surface area contributed by atoms with Crippen molar-refractivity contribution in [3.8, 4) is 6.07 Å². The van der Waals surface area contributed by atoms with Crippen LogP contribution in [0.1, 0.15) is 36.5 Å². The molecule has 1 atom stereocenters. The van der Waals surface area contributed by atoms with Gasteiger partial charge in [-0.3, -0.25) is 0 Å². The summed E-state index contributed by atoms with van der Waals surface area (Å²) in [6, 6.07) is 13.5. The van der Waals surface area contributed by atoms with E-state index >= 15 is 0 Å². The Kier molecular flexibility index (Phi) is 4.62. The average Bonchev–Trinajstić information content (AvgIpc) is 2.89. The summed E-state index contributed by atoms with van der Waals surface area (Å²) in [5.41, 5.74) is 1.19. The molecule has 0 saturated heterocycles. The van der Waals surface area contributed by atoms with Crippen molar-refractivity contribution in [2.75, 3.05) is 0 Å². The van der Waals surface area contributed by atoms with Crippen LogP contribution < -0.4 is 5.32 Å². The number of halogens is 1. The van der Waals surface area contributed by atoms with Gasteiger partial charge in [0.25, 0.3) is 0 Å². The molecule has 1 heterocycles. The largest absolute Gasteiger partial charge is 0.449 e. The highest BCUT2D eigenvalue weighted by Crippen LogP contribution is 2.20. The van der Waals surface area contributed by atoms with Crippen molar-refractivity contribution in [2.24, 2.45) is 0 Å². The number of nitrogens with one attached hydrogen (secondary N) is 1. The molecule has 1 aromatic heterocycles. The lowest BCUT2D eigenvalue weighted by molar-refractivity contribution is 0.438. The molecule has 0 radical (unpaired) electrons. The zero-order valence-electron chi connectivity index (χ0n) is 10.7. The van der Waals surface area contributed by atoms with Crippen LogP contribution in [0.4, 0.5) is 0 Å². The fourth-order valence-electron chi connectivity index (χ4n) is 1.95. The van der Waals surface area contributed by atoms with Crippen LogP contribution in [0.15, 0.2) is 40.8 Å². The van der Waals surface area contributed by atoms with Crippen LogP contribution in [0.25, 0.3) is 0 Å². The molecule has 0 aliphatic carbocycles. The van der Waals surface area contributed by atoms with Gasteiger partial charge in [0, 0.05) is 11.1 Å². The highest BCUT2D eigenvalue weighted by molar-refractivity contribution is 6.30. The molecule has 19 heavy (non-hydrogen) atoms. The molecule has 2 aromatic rings. The Morgan fingerprint density at radius 1 is 1.26 bits per heavy atom. The number of nitrogens with zero attached hydrogens (tertiary/aromatic N) is 1. The summed E-state index contributed by atoms with van der Waals surface area (Å²) < 4.78 is 5.34. The van der Waals surface area contributed by atoms with E-state index in [1.165, 1.54) is 5.56 Å². The molecule has 0 aliphatic heterocycles. The third-order valence-corrected chi connectivity index (χ3v) is 3.23. The smallest absolute Gasteiger partial charge is 0.203 e. The number of hydrogen-bond donors (Lipinski definition) is 1. The molecule has 0 spiro atoms. The second-order valence-corrected chi connectivity index (χ2v) is 4.71. The van der Waals surface area contributed by atoms with Crippen molar-refractivity contribution in [3.05, 3.63) is 58.5 Å². The molecule has 1 unspecified atom stereocenters. The highest BCUT2D eigenvalue weighted by Gasteiger charge is 2.10. The normalized spacial score (nSPS) is 12.1. The molecular weight excluding hydrogens is 260 g/mol. The van der Waals surface area contributed by atoms with Gasteiger partial charge in [-0.2, -0.15) is 5.26 Å². The van der Waals surface area contributed by atoms with Crippen molar-refractivity contribution < 1.29 is 4.42 Å². The van der Waals surface area contributed by atoms with E-state index in [-0.39, 0.29) is 6.04 Å². The Bertz CT molecular complexity index is 569. The van der Waals surface area contributed by atoms with Gasteiger partial charge >= 0.3 is 0 Å². The van der Waals surface area contributed by atoms with Gasteiger partial charge in [0.15, 0.2) is 0 Å². The molecule has 1 N–H and O–H groups in total. The van der Waals surface area contributed by atoms with Crippen LogP contribution in [0.2, 0.25) is 5.02 Å². The lowest BCUT2D eigenvalue weighted by atomic mass is 10.0. The first kappa shape index (κ1) is 13.7. The molecule has 0 fully saturated rings. The first-order valence-corrected chi connectivity index (χ1v) is 6.58. The maximum Gasteiger partial charge on any atom is 0.203 e. The van der Waals surface area contributed by atoms with Gasteiger partial charge in [0.05, 0.1) is 6.54 Å². The predicted molar refractivity (Wildman–Crippen MR) is 74.7 cm³/mol. The number of rotatable bonds is 5. The molecule has 1 aromatic carbocycles. The van der Waals surface area contributed by atoms with Crippen molar-refractivity contribution in [1.82, 2.24) is 5.32 Å². The standard InChI is InChI=1S/C15H15ClN2O/c1-2-15(11-3-5-12(16)6-4-11)18-10-14-8-7-13(9-17)19-14/h3-8,15,18H,2,10H2,1H3. The minimum absolute atomic E-state index is 0.243.